The Morgan fingerprint density at radius 3 is 2.61 bits per heavy atom. The third-order valence-electron chi connectivity index (χ3n) is 3.20. The summed E-state index contributed by atoms with van der Waals surface area (Å²) in [5.41, 5.74) is 0. The Morgan fingerprint density at radius 2 is 2.06 bits per heavy atom. The van der Waals surface area contributed by atoms with Gasteiger partial charge in [-0.05, 0) is 13.5 Å². The lowest BCUT2D eigenvalue weighted by Crippen LogP contribution is -2.42. The molecule has 1 heterocycles. The van der Waals surface area contributed by atoms with Crippen LogP contribution in [-0.2, 0) is 19.4 Å². The minimum atomic E-state index is -3.02. The van der Waals surface area contributed by atoms with Gasteiger partial charge in [-0.25, -0.2) is 8.42 Å². The van der Waals surface area contributed by atoms with Crippen molar-refractivity contribution in [3.63, 3.8) is 0 Å². The van der Waals surface area contributed by atoms with Gasteiger partial charge in [0, 0.05) is 18.3 Å². The van der Waals surface area contributed by atoms with Gasteiger partial charge in [-0.1, -0.05) is 6.92 Å². The lowest BCUT2D eigenvalue weighted by Gasteiger charge is -2.25. The van der Waals surface area contributed by atoms with E-state index in [-0.39, 0.29) is 24.2 Å². The zero-order chi connectivity index (χ0) is 13.8. The smallest absolute Gasteiger partial charge is 0.310 e. The Bertz CT molecular complexity index is 381. The highest BCUT2D eigenvalue weighted by Gasteiger charge is 2.36. The van der Waals surface area contributed by atoms with Gasteiger partial charge in [-0.15, -0.1) is 0 Å². The van der Waals surface area contributed by atoms with E-state index in [1.54, 1.807) is 11.9 Å². The van der Waals surface area contributed by atoms with Crippen LogP contribution in [0.1, 0.15) is 13.3 Å². The number of hydrogen-bond donors (Lipinski definition) is 1. The maximum Gasteiger partial charge on any atom is 0.310 e. The van der Waals surface area contributed by atoms with E-state index in [2.05, 4.69) is 0 Å². The molecule has 0 aliphatic carbocycles. The fourth-order valence-corrected chi connectivity index (χ4v) is 3.47. The molecule has 0 aromatic carbocycles. The number of sulfone groups is 1. The summed E-state index contributed by atoms with van der Waals surface area (Å²) < 4.78 is 28.3. The summed E-state index contributed by atoms with van der Waals surface area (Å²) in [7, 11) is -1.28. The molecular weight excluding hydrogens is 258 g/mol. The van der Waals surface area contributed by atoms with Crippen LogP contribution in [0.2, 0.25) is 0 Å². The quantitative estimate of drug-likeness (QED) is 0.697. The van der Waals surface area contributed by atoms with Crippen molar-refractivity contribution < 1.29 is 23.1 Å². The van der Waals surface area contributed by atoms with Gasteiger partial charge >= 0.3 is 5.97 Å². The summed E-state index contributed by atoms with van der Waals surface area (Å²) in [6.45, 7) is 2.72. The van der Waals surface area contributed by atoms with Crippen molar-refractivity contribution >= 4 is 15.8 Å². The first-order valence-corrected chi connectivity index (χ1v) is 7.90. The summed E-state index contributed by atoms with van der Waals surface area (Å²) in [5, 5.41) is 9.02. The van der Waals surface area contributed by atoms with Crippen molar-refractivity contribution in [1.29, 1.82) is 0 Å². The van der Waals surface area contributed by atoms with Crippen molar-refractivity contribution in [2.75, 3.05) is 38.3 Å². The summed E-state index contributed by atoms with van der Waals surface area (Å²) >= 11 is 0. The second-order valence-corrected chi connectivity index (χ2v) is 6.99. The number of hydrogen-bond acceptors (Lipinski definition) is 5. The number of carboxylic acids is 1. The first-order chi connectivity index (χ1) is 8.37. The standard InChI is InChI=1S/C11H21NO5S/c1-3-5-18(15,16)6-4-12(2)10-8-17-7-9(10)11(13)14/h9-10H,3-8H2,1-2H3,(H,13,14). The molecule has 0 aromatic rings. The van der Waals surface area contributed by atoms with E-state index in [1.807, 2.05) is 6.92 Å². The van der Waals surface area contributed by atoms with E-state index in [0.717, 1.165) is 0 Å². The van der Waals surface area contributed by atoms with Crippen LogP contribution in [0.4, 0.5) is 0 Å². The summed E-state index contributed by atoms with van der Waals surface area (Å²) in [6, 6.07) is -0.237. The van der Waals surface area contributed by atoms with Gasteiger partial charge in [0.15, 0.2) is 9.84 Å². The van der Waals surface area contributed by atoms with Gasteiger partial charge in [0.1, 0.15) is 0 Å². The van der Waals surface area contributed by atoms with Crippen molar-refractivity contribution in [1.82, 2.24) is 4.90 Å². The number of ether oxygens (including phenoxy) is 1. The Morgan fingerprint density at radius 1 is 1.39 bits per heavy atom. The molecule has 2 unspecified atom stereocenters. The number of rotatable bonds is 7. The highest BCUT2D eigenvalue weighted by atomic mass is 32.2. The maximum atomic E-state index is 11.6. The second-order valence-electron chi connectivity index (χ2n) is 4.68. The molecule has 1 fully saturated rings. The molecule has 1 aliphatic heterocycles. The molecule has 0 saturated carbocycles. The largest absolute Gasteiger partial charge is 0.481 e. The first-order valence-electron chi connectivity index (χ1n) is 6.08. The van der Waals surface area contributed by atoms with E-state index in [1.165, 1.54) is 0 Å². The molecule has 106 valence electrons. The zero-order valence-corrected chi connectivity index (χ0v) is 11.6. The zero-order valence-electron chi connectivity index (χ0n) is 10.8. The summed E-state index contributed by atoms with van der Waals surface area (Å²) in [4.78, 5) is 12.8. The SMILES string of the molecule is CCCS(=O)(=O)CCN(C)C1COCC1C(=O)O. The number of nitrogens with zero attached hydrogens (tertiary/aromatic N) is 1. The average Bonchev–Trinajstić information content (AvgIpc) is 2.74. The van der Waals surface area contributed by atoms with Crippen LogP contribution >= 0.6 is 0 Å². The molecule has 1 aliphatic rings. The van der Waals surface area contributed by atoms with E-state index >= 15 is 0 Å². The summed E-state index contributed by atoms with van der Waals surface area (Å²) in [5.74, 6) is -1.20. The highest BCUT2D eigenvalue weighted by molar-refractivity contribution is 7.91. The van der Waals surface area contributed by atoms with Crippen LogP contribution in [0, 0.1) is 5.92 Å². The van der Waals surface area contributed by atoms with Crippen LogP contribution in [-0.4, -0.2) is 68.7 Å². The van der Waals surface area contributed by atoms with Gasteiger partial charge in [0.05, 0.1) is 24.9 Å². The normalized spacial score (nSPS) is 24.6. The molecule has 1 N–H and O–H groups in total. The topological polar surface area (TPSA) is 83.9 Å². The van der Waals surface area contributed by atoms with Gasteiger partial charge in [0.25, 0.3) is 0 Å². The predicted molar refractivity (Wildman–Crippen MR) is 67.3 cm³/mol. The van der Waals surface area contributed by atoms with Gasteiger partial charge in [-0.2, -0.15) is 0 Å². The molecule has 0 aromatic heterocycles. The van der Waals surface area contributed by atoms with E-state index in [0.29, 0.717) is 19.6 Å². The third-order valence-corrected chi connectivity index (χ3v) is 5.04. The van der Waals surface area contributed by atoms with Gasteiger partial charge in [-0.3, -0.25) is 9.69 Å². The van der Waals surface area contributed by atoms with Crippen LogP contribution in [0.15, 0.2) is 0 Å². The molecule has 2 atom stereocenters. The molecule has 7 heteroatoms. The van der Waals surface area contributed by atoms with Crippen LogP contribution in [0.5, 0.6) is 0 Å². The van der Waals surface area contributed by atoms with E-state index in [9.17, 15) is 13.2 Å². The molecule has 0 radical (unpaired) electrons. The van der Waals surface area contributed by atoms with Crippen LogP contribution < -0.4 is 0 Å². The Kier molecular flexibility index (Phi) is 5.55. The lowest BCUT2D eigenvalue weighted by atomic mass is 10.0. The van der Waals surface area contributed by atoms with Crippen molar-refractivity contribution in [2.45, 2.75) is 19.4 Å². The third kappa shape index (κ3) is 4.22. The van der Waals surface area contributed by atoms with E-state index in [4.69, 9.17) is 9.84 Å². The molecule has 1 rings (SSSR count). The maximum absolute atomic E-state index is 11.6. The van der Waals surface area contributed by atoms with Crippen LogP contribution in [0.25, 0.3) is 0 Å². The fraction of sp³-hybridized carbons (Fsp3) is 0.909. The number of likely N-dealkylation sites (N-methyl/N-ethyl adjacent to an activating group) is 1. The van der Waals surface area contributed by atoms with Gasteiger partial charge in [0.2, 0.25) is 0 Å². The summed E-state index contributed by atoms with van der Waals surface area (Å²) in [6.07, 6.45) is 0.607. The minimum absolute atomic E-state index is 0.0696. The number of carboxylic acid groups (broad SMARTS) is 1. The molecule has 1 saturated heterocycles. The molecule has 0 amide bonds. The molecular formula is C11H21NO5S. The fourth-order valence-electron chi connectivity index (χ4n) is 2.08. The van der Waals surface area contributed by atoms with Gasteiger partial charge < -0.3 is 9.84 Å². The monoisotopic (exact) mass is 279 g/mol. The number of carbonyl (C=O) groups is 1. The minimum Gasteiger partial charge on any atom is -0.481 e. The van der Waals surface area contributed by atoms with E-state index < -0.39 is 21.7 Å². The Balaban J connectivity index is 2.50. The van der Waals surface area contributed by atoms with Crippen molar-refractivity contribution in [2.24, 2.45) is 5.92 Å². The molecule has 18 heavy (non-hydrogen) atoms. The average molecular weight is 279 g/mol. The first kappa shape index (κ1) is 15.4. The molecule has 0 spiro atoms. The second kappa shape index (κ2) is 6.49. The van der Waals surface area contributed by atoms with Crippen molar-refractivity contribution in [3.05, 3.63) is 0 Å². The highest BCUT2D eigenvalue weighted by Crippen LogP contribution is 2.18. The predicted octanol–water partition coefficient (Wildman–Crippen LogP) is -0.157. The number of aliphatic carboxylic acids is 1. The molecule has 6 nitrogen and oxygen atoms in total. The van der Waals surface area contributed by atoms with Crippen molar-refractivity contribution in [3.8, 4) is 0 Å². The lowest BCUT2D eigenvalue weighted by molar-refractivity contribution is -0.143. The Labute approximate surface area is 108 Å². The van der Waals surface area contributed by atoms with Crippen LogP contribution in [0.3, 0.4) is 0 Å². The Hall–Kier alpha value is -0.660. The molecule has 0 bridgehead atoms.